The van der Waals surface area contributed by atoms with Crippen molar-refractivity contribution in [1.82, 2.24) is 9.55 Å². The van der Waals surface area contributed by atoms with Crippen molar-refractivity contribution in [3.8, 4) is 22.6 Å². The fraction of sp³-hybridized carbons (Fsp3) is 0.143. The Balaban J connectivity index is 2.03. The van der Waals surface area contributed by atoms with Gasteiger partial charge in [0.1, 0.15) is 12.9 Å². The van der Waals surface area contributed by atoms with Gasteiger partial charge in [0, 0.05) is 31.1 Å². The largest absolute Gasteiger partial charge is 0.334 e. The lowest BCUT2D eigenvalue weighted by Gasteiger charge is -2.12. The lowest BCUT2D eigenvalue weighted by molar-refractivity contribution is -0.659. The number of nitrogens with zero attached hydrogens (tertiary/aromatic N) is 3. The van der Waals surface area contributed by atoms with Crippen LogP contribution in [0.25, 0.3) is 33.4 Å². The number of rotatable bonds is 2. The first-order valence-corrected chi connectivity index (χ1v) is 8.12. The van der Waals surface area contributed by atoms with Crippen LogP contribution in [0.3, 0.4) is 0 Å². The maximum atomic E-state index is 4.52. The zero-order valence-electron chi connectivity index (χ0n) is 14.2. The number of hydrogen-bond donors (Lipinski definition) is 0. The monoisotopic (exact) mass is 314 g/mol. The highest BCUT2D eigenvalue weighted by Crippen LogP contribution is 2.32. The topological polar surface area (TPSA) is 21.7 Å². The first kappa shape index (κ1) is 14.6. The van der Waals surface area contributed by atoms with Crippen LogP contribution in [0.15, 0.2) is 67.1 Å². The predicted molar refractivity (Wildman–Crippen MR) is 97.5 cm³/mol. The molecule has 0 bridgehead atoms. The third-order valence-electron chi connectivity index (χ3n) is 4.70. The molecule has 4 aromatic rings. The highest BCUT2D eigenvalue weighted by atomic mass is 15.0. The fourth-order valence-electron chi connectivity index (χ4n) is 3.41. The van der Waals surface area contributed by atoms with Gasteiger partial charge in [0.25, 0.3) is 0 Å². The summed E-state index contributed by atoms with van der Waals surface area (Å²) in [6.07, 6.45) is 5.96. The lowest BCUT2D eigenvalue weighted by Crippen LogP contribution is -2.30. The number of benzene rings is 2. The molecular formula is C21H20N3+. The van der Waals surface area contributed by atoms with Gasteiger partial charge >= 0.3 is 0 Å². The van der Waals surface area contributed by atoms with Gasteiger partial charge in [-0.05, 0) is 30.0 Å². The van der Waals surface area contributed by atoms with Gasteiger partial charge in [0.05, 0.1) is 10.9 Å². The lowest BCUT2D eigenvalue weighted by atomic mass is 9.96. The van der Waals surface area contributed by atoms with Crippen molar-refractivity contribution in [2.45, 2.75) is 6.92 Å². The zero-order valence-corrected chi connectivity index (χ0v) is 14.2. The van der Waals surface area contributed by atoms with Gasteiger partial charge in [0.2, 0.25) is 5.69 Å². The molecule has 2 aromatic heterocycles. The molecule has 0 spiro atoms. The van der Waals surface area contributed by atoms with E-state index < -0.39 is 0 Å². The summed E-state index contributed by atoms with van der Waals surface area (Å²) in [5.74, 6) is 0.997. The molecule has 0 saturated heterocycles. The highest BCUT2D eigenvalue weighted by Gasteiger charge is 2.19. The molecular weight excluding hydrogens is 294 g/mol. The molecule has 0 aliphatic carbocycles. The number of hydrogen-bond acceptors (Lipinski definition) is 1. The van der Waals surface area contributed by atoms with Crippen LogP contribution in [0, 0.1) is 6.92 Å². The number of aromatic nitrogens is 3. The maximum Gasteiger partial charge on any atom is 0.220 e. The van der Waals surface area contributed by atoms with Crippen molar-refractivity contribution in [2.75, 3.05) is 0 Å². The summed E-state index contributed by atoms with van der Waals surface area (Å²) in [5.41, 5.74) is 4.91. The van der Waals surface area contributed by atoms with E-state index in [1.165, 1.54) is 33.2 Å². The molecule has 0 amide bonds. The van der Waals surface area contributed by atoms with E-state index in [0.29, 0.717) is 0 Å². The van der Waals surface area contributed by atoms with Crippen LogP contribution in [0.4, 0.5) is 0 Å². The van der Waals surface area contributed by atoms with Crippen molar-refractivity contribution in [1.29, 1.82) is 0 Å². The average molecular weight is 314 g/mol. The van der Waals surface area contributed by atoms with Gasteiger partial charge in [-0.3, -0.25) is 0 Å². The van der Waals surface area contributed by atoms with Crippen molar-refractivity contribution in [3.05, 3.63) is 72.7 Å². The van der Waals surface area contributed by atoms with Crippen LogP contribution in [-0.4, -0.2) is 9.55 Å². The number of aryl methyl sites for hydroxylation is 2. The normalized spacial score (nSPS) is 11.1. The zero-order chi connectivity index (χ0) is 16.7. The van der Waals surface area contributed by atoms with Crippen molar-refractivity contribution < 1.29 is 4.57 Å². The number of fused-ring (bicyclic) bond motifs is 1. The summed E-state index contributed by atoms with van der Waals surface area (Å²) >= 11 is 0. The van der Waals surface area contributed by atoms with Crippen LogP contribution in [0.1, 0.15) is 5.56 Å². The van der Waals surface area contributed by atoms with Gasteiger partial charge in [0.15, 0.2) is 6.20 Å². The minimum absolute atomic E-state index is 0.997. The quantitative estimate of drug-likeness (QED) is 0.512. The Morgan fingerprint density at radius 3 is 2.54 bits per heavy atom. The summed E-state index contributed by atoms with van der Waals surface area (Å²) in [5, 5.41) is 2.52. The molecule has 0 aliphatic rings. The van der Waals surface area contributed by atoms with Gasteiger partial charge in [-0.25, -0.2) is 9.55 Å². The molecule has 118 valence electrons. The molecule has 0 fully saturated rings. The molecule has 2 aromatic carbocycles. The molecule has 0 aliphatic heterocycles. The molecule has 0 unspecified atom stereocenters. The van der Waals surface area contributed by atoms with Crippen LogP contribution < -0.4 is 4.57 Å². The Labute approximate surface area is 141 Å². The van der Waals surface area contributed by atoms with Crippen LogP contribution >= 0.6 is 0 Å². The highest BCUT2D eigenvalue weighted by molar-refractivity contribution is 5.94. The summed E-state index contributed by atoms with van der Waals surface area (Å²) in [7, 11) is 4.14. The van der Waals surface area contributed by atoms with E-state index in [0.717, 1.165) is 5.82 Å². The second-order valence-corrected chi connectivity index (χ2v) is 6.20. The van der Waals surface area contributed by atoms with E-state index >= 15 is 0 Å². The Morgan fingerprint density at radius 1 is 0.958 bits per heavy atom. The third-order valence-corrected chi connectivity index (χ3v) is 4.70. The summed E-state index contributed by atoms with van der Waals surface area (Å²) in [6.45, 7) is 2.18. The number of pyridine rings is 1. The predicted octanol–water partition coefficient (Wildman–Crippen LogP) is 4.04. The molecule has 4 rings (SSSR count). The van der Waals surface area contributed by atoms with E-state index in [2.05, 4.69) is 82.8 Å². The smallest absolute Gasteiger partial charge is 0.220 e. The minimum atomic E-state index is 0.997. The standard InChI is InChI=1S/C21H20N3/c1-15-17(9-6-10-18(15)21-22-12-14-24(21)3)20-19-8-5-4-7-16(19)11-13-23(20)2/h4-14H,1-3H3/q+1. The Hall–Kier alpha value is -2.94. The second-order valence-electron chi connectivity index (χ2n) is 6.20. The molecule has 3 nitrogen and oxygen atoms in total. The van der Waals surface area contributed by atoms with Crippen molar-refractivity contribution in [3.63, 3.8) is 0 Å². The molecule has 0 atom stereocenters. The first-order chi connectivity index (χ1) is 11.7. The van der Waals surface area contributed by atoms with Gasteiger partial charge < -0.3 is 4.57 Å². The average Bonchev–Trinajstić information content (AvgIpc) is 3.01. The Bertz CT molecular complexity index is 1040. The Kier molecular flexibility index (Phi) is 3.42. The molecule has 0 saturated carbocycles. The summed E-state index contributed by atoms with van der Waals surface area (Å²) in [4.78, 5) is 4.52. The first-order valence-electron chi connectivity index (χ1n) is 8.12. The van der Waals surface area contributed by atoms with Gasteiger partial charge in [-0.15, -0.1) is 0 Å². The second kappa shape index (κ2) is 5.60. The van der Waals surface area contributed by atoms with E-state index in [-0.39, 0.29) is 0 Å². The van der Waals surface area contributed by atoms with Gasteiger partial charge in [-0.2, -0.15) is 0 Å². The summed E-state index contributed by atoms with van der Waals surface area (Å²) < 4.78 is 4.27. The third kappa shape index (κ3) is 2.21. The molecule has 0 radical (unpaired) electrons. The Morgan fingerprint density at radius 2 is 1.75 bits per heavy atom. The van der Waals surface area contributed by atoms with Crippen molar-refractivity contribution >= 4 is 10.8 Å². The minimum Gasteiger partial charge on any atom is -0.334 e. The van der Waals surface area contributed by atoms with E-state index in [1.807, 2.05) is 19.4 Å². The molecule has 2 heterocycles. The van der Waals surface area contributed by atoms with Crippen LogP contribution in [-0.2, 0) is 14.1 Å². The van der Waals surface area contributed by atoms with Gasteiger partial charge in [-0.1, -0.05) is 30.3 Å². The number of imidazole rings is 1. The van der Waals surface area contributed by atoms with E-state index in [9.17, 15) is 0 Å². The molecule has 0 N–H and O–H groups in total. The maximum absolute atomic E-state index is 4.52. The van der Waals surface area contributed by atoms with Crippen LogP contribution in [0.2, 0.25) is 0 Å². The SMILES string of the molecule is Cc1c(-c2nccn2C)cccc1-c1c2ccccc2cc[n+]1C. The van der Waals surface area contributed by atoms with Crippen molar-refractivity contribution in [2.24, 2.45) is 14.1 Å². The summed E-state index contributed by atoms with van der Waals surface area (Å²) in [6, 6.07) is 17.2. The molecule has 3 heteroatoms. The van der Waals surface area contributed by atoms with E-state index in [1.54, 1.807) is 0 Å². The van der Waals surface area contributed by atoms with Crippen LogP contribution in [0.5, 0.6) is 0 Å². The fourth-order valence-corrected chi connectivity index (χ4v) is 3.41. The van der Waals surface area contributed by atoms with E-state index in [4.69, 9.17) is 0 Å². The molecule has 24 heavy (non-hydrogen) atoms.